The number of hydrogen-bond acceptors (Lipinski definition) is 3. The molecule has 0 bridgehead atoms. The van der Waals surface area contributed by atoms with Gasteiger partial charge in [0.2, 0.25) is 0 Å². The van der Waals surface area contributed by atoms with Gasteiger partial charge in [0.05, 0.1) is 25.7 Å². The molecule has 1 aliphatic carbocycles. The largest absolute Gasteiger partial charge is 0.468 e. The minimum absolute atomic E-state index is 0.714. The first-order chi connectivity index (χ1) is 7.92. The van der Waals surface area contributed by atoms with E-state index in [4.69, 9.17) is 4.42 Å². The molecule has 1 aliphatic rings. The van der Waals surface area contributed by atoms with Crippen molar-refractivity contribution in [2.45, 2.75) is 32.0 Å². The Morgan fingerprint density at radius 2 is 2.44 bits per heavy atom. The van der Waals surface area contributed by atoms with Crippen LogP contribution < -0.4 is 5.32 Å². The Hall–Kier alpha value is -1.55. The van der Waals surface area contributed by atoms with Crippen LogP contribution in [0.15, 0.2) is 35.5 Å². The third-order valence-corrected chi connectivity index (χ3v) is 2.88. The van der Waals surface area contributed by atoms with Crippen LogP contribution in [0.4, 0.5) is 0 Å². The van der Waals surface area contributed by atoms with Gasteiger partial charge in [-0.15, -0.1) is 0 Å². The Balaban J connectivity index is 1.66. The number of imidazole rings is 1. The summed E-state index contributed by atoms with van der Waals surface area (Å²) >= 11 is 0. The monoisotopic (exact) mass is 217 g/mol. The van der Waals surface area contributed by atoms with Crippen molar-refractivity contribution in [3.63, 3.8) is 0 Å². The van der Waals surface area contributed by atoms with Gasteiger partial charge in [-0.1, -0.05) is 0 Å². The fraction of sp³-hybridized carbons (Fsp3) is 0.417. The predicted octanol–water partition coefficient (Wildman–Crippen LogP) is 1.78. The topological polar surface area (TPSA) is 43.0 Å². The standard InChI is InChI=1S/C12H15N3O/c1-2-11(1)14-7-12-10(3-6-16-12)8-15-5-4-13-9-15/h3-6,9,11,14H,1-2,7-8H2. The van der Waals surface area contributed by atoms with Crippen molar-refractivity contribution in [2.24, 2.45) is 0 Å². The zero-order valence-corrected chi connectivity index (χ0v) is 9.10. The van der Waals surface area contributed by atoms with Crippen LogP contribution in [-0.4, -0.2) is 15.6 Å². The number of nitrogens with one attached hydrogen (secondary N) is 1. The van der Waals surface area contributed by atoms with E-state index < -0.39 is 0 Å². The average Bonchev–Trinajstić information content (AvgIpc) is 2.79. The van der Waals surface area contributed by atoms with E-state index >= 15 is 0 Å². The fourth-order valence-electron chi connectivity index (χ4n) is 1.76. The molecule has 3 rings (SSSR count). The summed E-state index contributed by atoms with van der Waals surface area (Å²) in [5.74, 6) is 1.04. The molecule has 16 heavy (non-hydrogen) atoms. The van der Waals surface area contributed by atoms with E-state index in [0.29, 0.717) is 6.04 Å². The van der Waals surface area contributed by atoms with Gasteiger partial charge in [-0.2, -0.15) is 0 Å². The van der Waals surface area contributed by atoms with Gasteiger partial charge >= 0.3 is 0 Å². The molecule has 0 aliphatic heterocycles. The molecular formula is C12H15N3O. The SMILES string of the molecule is c1cn(Cc2ccoc2CNC2CC2)cn1. The quantitative estimate of drug-likeness (QED) is 0.830. The lowest BCUT2D eigenvalue weighted by molar-refractivity contribution is 0.475. The first kappa shape index (κ1) is 9.66. The van der Waals surface area contributed by atoms with E-state index in [1.165, 1.54) is 18.4 Å². The molecule has 2 aromatic rings. The van der Waals surface area contributed by atoms with Crippen molar-refractivity contribution >= 4 is 0 Å². The predicted molar refractivity (Wildman–Crippen MR) is 59.9 cm³/mol. The molecule has 2 heterocycles. The van der Waals surface area contributed by atoms with Crippen molar-refractivity contribution < 1.29 is 4.42 Å². The molecule has 0 unspecified atom stereocenters. The summed E-state index contributed by atoms with van der Waals surface area (Å²) < 4.78 is 7.54. The zero-order valence-electron chi connectivity index (χ0n) is 9.10. The summed E-state index contributed by atoms with van der Waals surface area (Å²) in [5.41, 5.74) is 1.23. The maximum atomic E-state index is 5.50. The van der Waals surface area contributed by atoms with Gasteiger partial charge in [0.25, 0.3) is 0 Å². The number of furan rings is 1. The van der Waals surface area contributed by atoms with Gasteiger partial charge in [-0.25, -0.2) is 4.98 Å². The second kappa shape index (κ2) is 4.14. The van der Waals surface area contributed by atoms with E-state index in [-0.39, 0.29) is 0 Å². The molecule has 1 fully saturated rings. The summed E-state index contributed by atoms with van der Waals surface area (Å²) in [5, 5.41) is 3.46. The Kier molecular flexibility index (Phi) is 2.50. The maximum absolute atomic E-state index is 5.50. The molecule has 1 N–H and O–H groups in total. The molecule has 0 amide bonds. The highest BCUT2D eigenvalue weighted by atomic mass is 16.3. The number of nitrogens with zero attached hydrogens (tertiary/aromatic N) is 2. The highest BCUT2D eigenvalue weighted by Crippen LogP contribution is 2.20. The normalized spacial score (nSPS) is 15.5. The summed E-state index contributed by atoms with van der Waals surface area (Å²) in [7, 11) is 0. The molecule has 0 saturated heterocycles. The third-order valence-electron chi connectivity index (χ3n) is 2.88. The number of aromatic nitrogens is 2. The van der Waals surface area contributed by atoms with Gasteiger partial charge in [0.15, 0.2) is 0 Å². The molecule has 0 radical (unpaired) electrons. The first-order valence-corrected chi connectivity index (χ1v) is 5.66. The molecule has 4 heteroatoms. The number of rotatable bonds is 5. The Labute approximate surface area is 94.3 Å². The highest BCUT2D eigenvalue weighted by molar-refractivity contribution is 5.17. The lowest BCUT2D eigenvalue weighted by atomic mass is 10.2. The average molecular weight is 217 g/mol. The van der Waals surface area contributed by atoms with Crippen molar-refractivity contribution in [3.8, 4) is 0 Å². The van der Waals surface area contributed by atoms with E-state index in [2.05, 4.69) is 10.3 Å². The van der Waals surface area contributed by atoms with Gasteiger partial charge in [-0.05, 0) is 18.9 Å². The van der Waals surface area contributed by atoms with E-state index in [0.717, 1.165) is 18.8 Å². The van der Waals surface area contributed by atoms with Gasteiger partial charge in [0, 0.05) is 24.0 Å². The minimum atomic E-state index is 0.714. The number of hydrogen-bond donors (Lipinski definition) is 1. The molecule has 2 aromatic heterocycles. The van der Waals surface area contributed by atoms with E-state index in [1.54, 1.807) is 12.5 Å². The second-order valence-electron chi connectivity index (χ2n) is 4.26. The Morgan fingerprint density at radius 3 is 3.19 bits per heavy atom. The minimum Gasteiger partial charge on any atom is -0.468 e. The van der Waals surface area contributed by atoms with Crippen LogP contribution in [0.1, 0.15) is 24.2 Å². The molecular weight excluding hydrogens is 202 g/mol. The Morgan fingerprint density at radius 1 is 1.50 bits per heavy atom. The first-order valence-electron chi connectivity index (χ1n) is 5.66. The zero-order chi connectivity index (χ0) is 10.8. The van der Waals surface area contributed by atoms with Crippen LogP contribution >= 0.6 is 0 Å². The maximum Gasteiger partial charge on any atom is 0.122 e. The van der Waals surface area contributed by atoms with Crippen LogP contribution in [0.25, 0.3) is 0 Å². The molecule has 0 aromatic carbocycles. The smallest absolute Gasteiger partial charge is 0.122 e. The highest BCUT2D eigenvalue weighted by Gasteiger charge is 2.21. The van der Waals surface area contributed by atoms with Crippen LogP contribution in [0, 0.1) is 0 Å². The van der Waals surface area contributed by atoms with Crippen LogP contribution in [-0.2, 0) is 13.1 Å². The molecule has 0 atom stereocenters. The van der Waals surface area contributed by atoms with Gasteiger partial charge in [-0.3, -0.25) is 0 Å². The summed E-state index contributed by atoms with van der Waals surface area (Å²) in [6, 6.07) is 2.75. The van der Waals surface area contributed by atoms with Crippen molar-refractivity contribution in [3.05, 3.63) is 42.4 Å². The van der Waals surface area contributed by atoms with Crippen molar-refractivity contribution in [1.82, 2.24) is 14.9 Å². The van der Waals surface area contributed by atoms with Crippen molar-refractivity contribution in [2.75, 3.05) is 0 Å². The van der Waals surface area contributed by atoms with E-state index in [1.807, 2.05) is 23.2 Å². The van der Waals surface area contributed by atoms with Gasteiger partial charge in [0.1, 0.15) is 5.76 Å². The molecule has 4 nitrogen and oxygen atoms in total. The van der Waals surface area contributed by atoms with Crippen molar-refractivity contribution in [1.29, 1.82) is 0 Å². The summed E-state index contributed by atoms with van der Waals surface area (Å²) in [4.78, 5) is 4.03. The summed E-state index contributed by atoms with van der Waals surface area (Å²) in [6.45, 7) is 1.67. The van der Waals surface area contributed by atoms with Crippen LogP contribution in [0.3, 0.4) is 0 Å². The second-order valence-corrected chi connectivity index (χ2v) is 4.26. The summed E-state index contributed by atoms with van der Waals surface area (Å²) in [6.07, 6.45) is 9.95. The van der Waals surface area contributed by atoms with Gasteiger partial charge < -0.3 is 14.3 Å². The molecule has 0 spiro atoms. The lowest BCUT2D eigenvalue weighted by Gasteiger charge is -2.04. The molecule has 84 valence electrons. The fourth-order valence-corrected chi connectivity index (χ4v) is 1.76. The van der Waals surface area contributed by atoms with Crippen LogP contribution in [0.5, 0.6) is 0 Å². The lowest BCUT2D eigenvalue weighted by Crippen LogP contribution is -2.16. The third kappa shape index (κ3) is 2.17. The Bertz CT molecular complexity index is 443. The molecule has 1 saturated carbocycles. The van der Waals surface area contributed by atoms with Crippen LogP contribution in [0.2, 0.25) is 0 Å². The van der Waals surface area contributed by atoms with E-state index in [9.17, 15) is 0 Å².